The highest BCUT2D eigenvalue weighted by Gasteiger charge is 2.14. The lowest BCUT2D eigenvalue weighted by molar-refractivity contribution is -0.153. The van der Waals surface area contributed by atoms with Gasteiger partial charge in [-0.05, 0) is 25.0 Å². The summed E-state index contributed by atoms with van der Waals surface area (Å²) in [4.78, 5) is 22.3. The number of hydrogen-bond donors (Lipinski definition) is 0. The second kappa shape index (κ2) is 6.28. The van der Waals surface area contributed by atoms with Crippen molar-refractivity contribution in [3.8, 4) is 0 Å². The van der Waals surface area contributed by atoms with Crippen LogP contribution in [-0.2, 0) is 20.7 Å². The normalized spacial score (nSPS) is 9.88. The van der Waals surface area contributed by atoms with Gasteiger partial charge in [-0.1, -0.05) is 29.8 Å². The third kappa shape index (κ3) is 3.66. The second-order valence-electron chi connectivity index (χ2n) is 3.24. The van der Waals surface area contributed by atoms with Crippen molar-refractivity contribution in [1.29, 1.82) is 0 Å². The number of Topliss-reactive ketones (excluding diaryl/α,β-unsaturated/α-hetero) is 1. The Kier molecular flexibility index (Phi) is 4.99. The number of esters is 1. The van der Waals surface area contributed by atoms with E-state index < -0.39 is 11.8 Å². The van der Waals surface area contributed by atoms with E-state index in [4.69, 9.17) is 11.6 Å². The maximum atomic E-state index is 11.3. The summed E-state index contributed by atoms with van der Waals surface area (Å²) in [6, 6.07) is 7.25. The molecule has 0 amide bonds. The molecule has 0 radical (unpaired) electrons. The zero-order valence-corrected chi connectivity index (χ0v) is 9.79. The van der Waals surface area contributed by atoms with E-state index in [2.05, 4.69) is 4.74 Å². The van der Waals surface area contributed by atoms with Gasteiger partial charge in [-0.2, -0.15) is 0 Å². The summed E-state index contributed by atoms with van der Waals surface area (Å²) >= 11 is 5.92. The molecule has 0 heterocycles. The molecule has 4 heteroatoms. The van der Waals surface area contributed by atoms with Gasteiger partial charge in [-0.25, -0.2) is 4.79 Å². The Labute approximate surface area is 99.4 Å². The zero-order chi connectivity index (χ0) is 12.0. The Hall–Kier alpha value is -1.35. The molecule has 0 saturated carbocycles. The summed E-state index contributed by atoms with van der Waals surface area (Å²) in [5.41, 5.74) is 0.863. The molecule has 0 unspecified atom stereocenters. The van der Waals surface area contributed by atoms with Gasteiger partial charge in [-0.3, -0.25) is 4.79 Å². The average molecular weight is 241 g/mol. The number of aryl methyl sites for hydroxylation is 1. The van der Waals surface area contributed by atoms with E-state index in [1.165, 1.54) is 0 Å². The second-order valence-corrected chi connectivity index (χ2v) is 3.64. The molecule has 0 aromatic heterocycles. The molecule has 0 aliphatic carbocycles. The van der Waals surface area contributed by atoms with Crippen molar-refractivity contribution < 1.29 is 14.3 Å². The number of ether oxygens (including phenoxy) is 1. The van der Waals surface area contributed by atoms with E-state index in [9.17, 15) is 9.59 Å². The molecule has 1 rings (SSSR count). The predicted molar refractivity (Wildman–Crippen MR) is 61.4 cm³/mol. The third-order valence-electron chi connectivity index (χ3n) is 2.08. The van der Waals surface area contributed by atoms with Crippen molar-refractivity contribution >= 4 is 23.4 Å². The van der Waals surface area contributed by atoms with E-state index in [0.29, 0.717) is 11.4 Å². The fraction of sp³-hybridized carbons (Fsp3) is 0.333. The molecule has 0 spiro atoms. The molecule has 0 saturated heterocycles. The smallest absolute Gasteiger partial charge is 0.374 e. The first-order valence-electron chi connectivity index (χ1n) is 5.08. The molecular formula is C12H13ClO3. The van der Waals surface area contributed by atoms with Gasteiger partial charge in [0.15, 0.2) is 0 Å². The Morgan fingerprint density at radius 3 is 2.62 bits per heavy atom. The Morgan fingerprint density at radius 2 is 2.00 bits per heavy atom. The molecule has 1 aromatic carbocycles. The van der Waals surface area contributed by atoms with Gasteiger partial charge < -0.3 is 4.74 Å². The predicted octanol–water partition coefficient (Wildman–Crippen LogP) is 2.40. The lowest BCUT2D eigenvalue weighted by atomic mass is 10.1. The SMILES string of the molecule is CCOC(=O)C(=O)CCc1ccccc1Cl. The standard InChI is InChI=1S/C12H13ClO3/c1-2-16-12(15)11(14)8-7-9-5-3-4-6-10(9)13/h3-6H,2,7-8H2,1H3. The summed E-state index contributed by atoms with van der Waals surface area (Å²) in [5.74, 6) is -1.28. The van der Waals surface area contributed by atoms with Crippen molar-refractivity contribution in [3.63, 3.8) is 0 Å². The molecule has 0 N–H and O–H groups in total. The molecule has 0 aliphatic rings. The summed E-state index contributed by atoms with van der Waals surface area (Å²) < 4.78 is 4.60. The minimum atomic E-state index is -0.769. The molecule has 0 fully saturated rings. The summed E-state index contributed by atoms with van der Waals surface area (Å²) in [7, 11) is 0. The molecule has 86 valence electrons. The van der Waals surface area contributed by atoms with Gasteiger partial charge in [-0.15, -0.1) is 0 Å². The van der Waals surface area contributed by atoms with Crippen LogP contribution in [0.25, 0.3) is 0 Å². The van der Waals surface area contributed by atoms with Crippen LogP contribution in [0.3, 0.4) is 0 Å². The first kappa shape index (κ1) is 12.7. The van der Waals surface area contributed by atoms with Gasteiger partial charge in [0.1, 0.15) is 0 Å². The Morgan fingerprint density at radius 1 is 1.31 bits per heavy atom. The molecule has 0 aliphatic heterocycles. The van der Waals surface area contributed by atoms with Crippen LogP contribution in [-0.4, -0.2) is 18.4 Å². The molecule has 3 nitrogen and oxygen atoms in total. The van der Waals surface area contributed by atoms with E-state index in [1.54, 1.807) is 13.0 Å². The highest BCUT2D eigenvalue weighted by Crippen LogP contribution is 2.16. The highest BCUT2D eigenvalue weighted by molar-refractivity contribution is 6.34. The van der Waals surface area contributed by atoms with E-state index in [0.717, 1.165) is 5.56 Å². The van der Waals surface area contributed by atoms with E-state index in [-0.39, 0.29) is 13.0 Å². The number of ketones is 1. The van der Waals surface area contributed by atoms with Crippen LogP contribution >= 0.6 is 11.6 Å². The van der Waals surface area contributed by atoms with Gasteiger partial charge >= 0.3 is 5.97 Å². The van der Waals surface area contributed by atoms with Crippen molar-refractivity contribution in [1.82, 2.24) is 0 Å². The van der Waals surface area contributed by atoms with Gasteiger partial charge in [0.25, 0.3) is 0 Å². The molecule has 16 heavy (non-hydrogen) atoms. The monoisotopic (exact) mass is 240 g/mol. The number of carbonyl (C=O) groups is 2. The van der Waals surface area contributed by atoms with Crippen LogP contribution in [0.2, 0.25) is 5.02 Å². The first-order chi connectivity index (χ1) is 7.65. The van der Waals surface area contributed by atoms with Gasteiger partial charge in [0, 0.05) is 11.4 Å². The largest absolute Gasteiger partial charge is 0.460 e. The summed E-state index contributed by atoms with van der Waals surface area (Å²) in [5, 5.41) is 0.610. The lowest BCUT2D eigenvalue weighted by Gasteiger charge is -2.03. The number of hydrogen-bond acceptors (Lipinski definition) is 3. The molecular weight excluding hydrogens is 228 g/mol. The van der Waals surface area contributed by atoms with Gasteiger partial charge in [0.05, 0.1) is 6.61 Å². The number of rotatable bonds is 5. The quantitative estimate of drug-likeness (QED) is 0.586. The molecule has 0 bridgehead atoms. The summed E-state index contributed by atoms with van der Waals surface area (Å²) in [6.45, 7) is 1.88. The van der Waals surface area contributed by atoms with Crippen LogP contribution in [0, 0.1) is 0 Å². The average Bonchev–Trinajstić information content (AvgIpc) is 2.28. The molecule has 1 aromatic rings. The van der Waals surface area contributed by atoms with Crippen LogP contribution in [0.15, 0.2) is 24.3 Å². The lowest BCUT2D eigenvalue weighted by Crippen LogP contribution is -2.17. The maximum Gasteiger partial charge on any atom is 0.374 e. The van der Waals surface area contributed by atoms with E-state index >= 15 is 0 Å². The third-order valence-corrected chi connectivity index (χ3v) is 2.45. The van der Waals surface area contributed by atoms with Crippen LogP contribution in [0.5, 0.6) is 0 Å². The Bertz CT molecular complexity index is 388. The minimum absolute atomic E-state index is 0.128. The van der Waals surface area contributed by atoms with E-state index in [1.807, 2.05) is 18.2 Å². The number of halogens is 1. The van der Waals surface area contributed by atoms with Crippen LogP contribution < -0.4 is 0 Å². The maximum absolute atomic E-state index is 11.3. The number of carbonyl (C=O) groups excluding carboxylic acids is 2. The number of benzene rings is 1. The zero-order valence-electron chi connectivity index (χ0n) is 9.03. The topological polar surface area (TPSA) is 43.4 Å². The summed E-state index contributed by atoms with van der Waals surface area (Å²) in [6.07, 6.45) is 0.583. The fourth-order valence-corrected chi connectivity index (χ4v) is 1.49. The van der Waals surface area contributed by atoms with Crippen LogP contribution in [0.4, 0.5) is 0 Å². The van der Waals surface area contributed by atoms with Crippen molar-refractivity contribution in [2.75, 3.05) is 6.61 Å². The molecule has 0 atom stereocenters. The van der Waals surface area contributed by atoms with Crippen molar-refractivity contribution in [2.45, 2.75) is 19.8 Å². The Balaban J connectivity index is 2.49. The van der Waals surface area contributed by atoms with Crippen molar-refractivity contribution in [2.24, 2.45) is 0 Å². The fourth-order valence-electron chi connectivity index (χ4n) is 1.26. The van der Waals surface area contributed by atoms with Crippen molar-refractivity contribution in [3.05, 3.63) is 34.9 Å². The van der Waals surface area contributed by atoms with Crippen LogP contribution in [0.1, 0.15) is 18.9 Å². The highest BCUT2D eigenvalue weighted by atomic mass is 35.5. The minimum Gasteiger partial charge on any atom is -0.460 e. The first-order valence-corrected chi connectivity index (χ1v) is 5.46. The van der Waals surface area contributed by atoms with Gasteiger partial charge in [0.2, 0.25) is 5.78 Å².